The predicted molar refractivity (Wildman–Crippen MR) is 89.4 cm³/mol. The fraction of sp³-hybridized carbons (Fsp3) is 0.706. The number of hydrogen-bond acceptors (Lipinski definition) is 4. The highest BCUT2D eigenvalue weighted by Crippen LogP contribution is 2.34. The molecule has 0 bridgehead atoms. The highest BCUT2D eigenvalue weighted by atomic mass is 32.1. The normalized spacial score (nSPS) is 27.3. The van der Waals surface area contributed by atoms with Crippen molar-refractivity contribution < 1.29 is 9.53 Å². The van der Waals surface area contributed by atoms with E-state index in [9.17, 15) is 4.79 Å². The van der Waals surface area contributed by atoms with Gasteiger partial charge < -0.3 is 9.64 Å². The zero-order valence-electron chi connectivity index (χ0n) is 13.6. The third kappa shape index (κ3) is 3.36. The van der Waals surface area contributed by atoms with Gasteiger partial charge in [0.25, 0.3) is 5.91 Å². The average molecular weight is 322 g/mol. The van der Waals surface area contributed by atoms with Gasteiger partial charge in [-0.05, 0) is 38.1 Å². The second-order valence-electron chi connectivity index (χ2n) is 6.96. The quantitative estimate of drug-likeness (QED) is 0.839. The maximum atomic E-state index is 12.7. The Bertz CT molecular complexity index is 503. The van der Waals surface area contributed by atoms with Crippen molar-refractivity contribution in [3.8, 4) is 0 Å². The van der Waals surface area contributed by atoms with E-state index < -0.39 is 0 Å². The zero-order chi connectivity index (χ0) is 15.6. The van der Waals surface area contributed by atoms with Gasteiger partial charge in [-0.15, -0.1) is 0 Å². The van der Waals surface area contributed by atoms with Crippen LogP contribution in [0.15, 0.2) is 16.8 Å². The van der Waals surface area contributed by atoms with Gasteiger partial charge in [0.2, 0.25) is 0 Å². The lowest BCUT2D eigenvalue weighted by atomic mass is 9.79. The molecule has 1 unspecified atom stereocenters. The van der Waals surface area contributed by atoms with E-state index in [4.69, 9.17) is 4.74 Å². The molecular formula is C17H26N2O2S. The van der Waals surface area contributed by atoms with Crippen LogP contribution < -0.4 is 0 Å². The predicted octanol–water partition coefficient (Wildman–Crippen LogP) is 2.71. The van der Waals surface area contributed by atoms with Crippen molar-refractivity contribution in [3.63, 3.8) is 0 Å². The fourth-order valence-electron chi connectivity index (χ4n) is 3.66. The molecule has 1 atom stereocenters. The van der Waals surface area contributed by atoms with Crippen LogP contribution in [0.25, 0.3) is 0 Å². The molecule has 2 fully saturated rings. The summed E-state index contributed by atoms with van der Waals surface area (Å²) in [6.45, 7) is 9.81. The molecule has 4 nitrogen and oxygen atoms in total. The van der Waals surface area contributed by atoms with Gasteiger partial charge in [0.05, 0.1) is 18.8 Å². The number of likely N-dealkylation sites (tertiary alicyclic amines) is 1. The van der Waals surface area contributed by atoms with Crippen molar-refractivity contribution in [2.45, 2.75) is 32.7 Å². The largest absolute Gasteiger partial charge is 0.379 e. The minimum atomic E-state index is 0.102. The summed E-state index contributed by atoms with van der Waals surface area (Å²) in [4.78, 5) is 17.2. The van der Waals surface area contributed by atoms with Gasteiger partial charge in [0, 0.05) is 43.0 Å². The number of piperidine rings is 1. The maximum absolute atomic E-state index is 12.7. The minimum Gasteiger partial charge on any atom is -0.379 e. The number of nitrogens with zero attached hydrogens (tertiary/aromatic N) is 2. The SMILES string of the molecule is CC(C)N1CCOCC2(CCCN(C(=O)c3ccsc3)C2)C1. The van der Waals surface area contributed by atoms with E-state index in [2.05, 4.69) is 18.7 Å². The van der Waals surface area contributed by atoms with Gasteiger partial charge in [0.1, 0.15) is 0 Å². The smallest absolute Gasteiger partial charge is 0.254 e. The maximum Gasteiger partial charge on any atom is 0.254 e. The molecule has 3 heterocycles. The molecule has 0 radical (unpaired) electrons. The molecule has 1 spiro atoms. The summed E-state index contributed by atoms with van der Waals surface area (Å²) in [7, 11) is 0. The Morgan fingerprint density at radius 3 is 2.95 bits per heavy atom. The van der Waals surface area contributed by atoms with E-state index in [-0.39, 0.29) is 11.3 Å². The van der Waals surface area contributed by atoms with Gasteiger partial charge in [-0.1, -0.05) is 0 Å². The summed E-state index contributed by atoms with van der Waals surface area (Å²) in [6, 6.07) is 2.46. The van der Waals surface area contributed by atoms with E-state index in [0.717, 1.165) is 57.8 Å². The molecule has 22 heavy (non-hydrogen) atoms. The lowest BCUT2D eigenvalue weighted by molar-refractivity contribution is 0.00575. The van der Waals surface area contributed by atoms with E-state index in [1.54, 1.807) is 11.3 Å². The molecule has 0 N–H and O–H groups in total. The standard InChI is InChI=1S/C17H26N2O2S/c1-14(2)18-7-8-21-13-17(11-18)5-3-6-19(12-17)16(20)15-4-9-22-10-15/h4,9-10,14H,3,5-8,11-13H2,1-2H3. The van der Waals surface area contributed by atoms with E-state index in [1.807, 2.05) is 21.7 Å². The highest BCUT2D eigenvalue weighted by molar-refractivity contribution is 7.08. The van der Waals surface area contributed by atoms with Crippen LogP contribution in [0.4, 0.5) is 0 Å². The Balaban J connectivity index is 1.74. The molecule has 2 saturated heterocycles. The number of thiophene rings is 1. The molecule has 0 saturated carbocycles. The first-order chi connectivity index (χ1) is 10.6. The van der Waals surface area contributed by atoms with Crippen LogP contribution in [0.3, 0.4) is 0 Å². The summed E-state index contributed by atoms with van der Waals surface area (Å²) in [6.07, 6.45) is 2.23. The Morgan fingerprint density at radius 1 is 1.36 bits per heavy atom. The average Bonchev–Trinajstić information content (AvgIpc) is 2.97. The van der Waals surface area contributed by atoms with Crippen LogP contribution in [0.2, 0.25) is 0 Å². The van der Waals surface area contributed by atoms with Crippen molar-refractivity contribution >= 4 is 17.2 Å². The summed E-state index contributed by atoms with van der Waals surface area (Å²) < 4.78 is 5.91. The first-order valence-electron chi connectivity index (χ1n) is 8.23. The van der Waals surface area contributed by atoms with Gasteiger partial charge in [0.15, 0.2) is 0 Å². The van der Waals surface area contributed by atoms with Gasteiger partial charge >= 0.3 is 0 Å². The number of ether oxygens (including phenoxy) is 1. The monoisotopic (exact) mass is 322 g/mol. The second kappa shape index (κ2) is 6.69. The van der Waals surface area contributed by atoms with Crippen molar-refractivity contribution in [2.75, 3.05) is 39.4 Å². The molecule has 1 amide bonds. The summed E-state index contributed by atoms with van der Waals surface area (Å²) in [5.41, 5.74) is 0.933. The molecule has 1 aromatic rings. The van der Waals surface area contributed by atoms with Gasteiger partial charge in [-0.25, -0.2) is 0 Å². The highest BCUT2D eigenvalue weighted by Gasteiger charge is 2.40. The second-order valence-corrected chi connectivity index (χ2v) is 7.74. The first-order valence-corrected chi connectivity index (χ1v) is 9.17. The minimum absolute atomic E-state index is 0.102. The summed E-state index contributed by atoms with van der Waals surface area (Å²) in [5, 5.41) is 3.93. The number of carbonyl (C=O) groups excluding carboxylic acids is 1. The number of hydrogen-bond donors (Lipinski definition) is 0. The lowest BCUT2D eigenvalue weighted by Crippen LogP contribution is -2.53. The molecule has 2 aliphatic heterocycles. The van der Waals surface area contributed by atoms with Crippen LogP contribution >= 0.6 is 11.3 Å². The Kier molecular flexibility index (Phi) is 4.85. The Labute approximate surface area is 137 Å². The van der Waals surface area contributed by atoms with E-state index in [0.29, 0.717) is 6.04 Å². The Morgan fingerprint density at radius 2 is 2.23 bits per heavy atom. The number of amides is 1. The third-order valence-corrected chi connectivity index (χ3v) is 5.60. The number of carbonyl (C=O) groups is 1. The topological polar surface area (TPSA) is 32.8 Å². The van der Waals surface area contributed by atoms with Crippen LogP contribution in [0, 0.1) is 5.41 Å². The molecule has 5 heteroatoms. The van der Waals surface area contributed by atoms with Crippen LogP contribution in [0.5, 0.6) is 0 Å². The van der Waals surface area contributed by atoms with Gasteiger partial charge in [-0.3, -0.25) is 9.69 Å². The Hall–Kier alpha value is -0.910. The molecular weight excluding hydrogens is 296 g/mol. The van der Waals surface area contributed by atoms with Crippen molar-refractivity contribution in [1.29, 1.82) is 0 Å². The van der Waals surface area contributed by atoms with Crippen LogP contribution in [-0.4, -0.2) is 61.1 Å². The van der Waals surface area contributed by atoms with Crippen LogP contribution in [-0.2, 0) is 4.74 Å². The van der Waals surface area contributed by atoms with Crippen molar-refractivity contribution in [1.82, 2.24) is 9.80 Å². The van der Waals surface area contributed by atoms with Crippen molar-refractivity contribution in [2.24, 2.45) is 5.41 Å². The molecule has 0 aromatic carbocycles. The summed E-state index contributed by atoms with van der Waals surface area (Å²) in [5.74, 6) is 0.181. The summed E-state index contributed by atoms with van der Waals surface area (Å²) >= 11 is 1.59. The third-order valence-electron chi connectivity index (χ3n) is 4.92. The lowest BCUT2D eigenvalue weighted by Gasteiger charge is -2.44. The van der Waals surface area contributed by atoms with Crippen molar-refractivity contribution in [3.05, 3.63) is 22.4 Å². The molecule has 0 aliphatic carbocycles. The molecule has 122 valence electrons. The first kappa shape index (κ1) is 16.0. The fourth-order valence-corrected chi connectivity index (χ4v) is 4.29. The molecule has 2 aliphatic rings. The molecule has 1 aromatic heterocycles. The zero-order valence-corrected chi connectivity index (χ0v) is 14.4. The van der Waals surface area contributed by atoms with Crippen LogP contribution in [0.1, 0.15) is 37.0 Å². The van der Waals surface area contributed by atoms with E-state index in [1.165, 1.54) is 0 Å². The number of rotatable bonds is 2. The van der Waals surface area contributed by atoms with E-state index >= 15 is 0 Å². The van der Waals surface area contributed by atoms with Gasteiger partial charge in [-0.2, -0.15) is 11.3 Å². The molecule has 3 rings (SSSR count).